The zero-order valence-electron chi connectivity index (χ0n) is 11.6. The molecule has 0 bridgehead atoms. The van der Waals surface area contributed by atoms with E-state index in [1.54, 1.807) is 0 Å². The van der Waals surface area contributed by atoms with Crippen LogP contribution in [0.15, 0.2) is 48.9 Å². The van der Waals surface area contributed by atoms with Gasteiger partial charge in [-0.2, -0.15) is 0 Å². The van der Waals surface area contributed by atoms with E-state index in [0.29, 0.717) is 0 Å². The molecule has 0 radical (unpaired) electrons. The Hall–Kier alpha value is -2.36. The number of nitrogens with zero attached hydrogens (tertiary/aromatic N) is 3. The summed E-state index contributed by atoms with van der Waals surface area (Å²) in [7, 11) is 0. The van der Waals surface area contributed by atoms with Gasteiger partial charge >= 0.3 is 0 Å². The lowest BCUT2D eigenvalue weighted by Gasteiger charge is -2.07. The first-order valence-electron chi connectivity index (χ1n) is 7.01. The maximum atomic E-state index is 4.51. The van der Waals surface area contributed by atoms with Crippen LogP contribution in [-0.4, -0.2) is 20.9 Å². The van der Waals surface area contributed by atoms with Crippen LogP contribution in [0.5, 0.6) is 0 Å². The van der Waals surface area contributed by atoms with Crippen molar-refractivity contribution in [1.29, 1.82) is 0 Å². The minimum Gasteiger partial charge on any atom is -0.367 e. The molecule has 4 heteroatoms. The molecule has 2 aromatic heterocycles. The van der Waals surface area contributed by atoms with Gasteiger partial charge in [0.05, 0.1) is 11.9 Å². The van der Waals surface area contributed by atoms with E-state index in [4.69, 9.17) is 0 Å². The Morgan fingerprint density at radius 2 is 2.00 bits per heavy atom. The Bertz CT molecular complexity index is 688. The summed E-state index contributed by atoms with van der Waals surface area (Å²) in [4.78, 5) is 8.90. The van der Waals surface area contributed by atoms with Crippen molar-refractivity contribution in [3.63, 3.8) is 0 Å². The number of unbranched alkanes of at least 4 members (excludes halogenated alkanes) is 1. The average molecular weight is 266 g/mol. The van der Waals surface area contributed by atoms with E-state index in [0.717, 1.165) is 35.7 Å². The number of imidazole rings is 1. The first kappa shape index (κ1) is 12.7. The molecule has 1 N–H and O–H groups in total. The number of nitrogens with one attached hydrogen (secondary N) is 1. The molecule has 3 aromatic rings. The summed E-state index contributed by atoms with van der Waals surface area (Å²) >= 11 is 0. The van der Waals surface area contributed by atoms with E-state index in [1.165, 1.54) is 6.42 Å². The standard InChI is InChI=1S/C16H18N4/c1-2-3-9-17-15-16-19-12-14(20(16)11-10-18-15)13-7-5-4-6-8-13/h4-8,10-12H,2-3,9H2,1H3,(H,17,18). The molecule has 3 rings (SSSR count). The SMILES string of the molecule is CCCCNc1nccn2c(-c3ccccc3)cnc12. The van der Waals surface area contributed by atoms with E-state index in [2.05, 4.69) is 38.7 Å². The second-order valence-corrected chi connectivity index (χ2v) is 4.76. The molecule has 0 aliphatic heterocycles. The predicted molar refractivity (Wildman–Crippen MR) is 81.8 cm³/mol. The molecule has 102 valence electrons. The predicted octanol–water partition coefficient (Wildman–Crippen LogP) is 3.61. The lowest BCUT2D eigenvalue weighted by molar-refractivity contribution is 0.830. The summed E-state index contributed by atoms with van der Waals surface area (Å²) in [5.41, 5.74) is 3.12. The Labute approximate surface area is 118 Å². The molecule has 0 fully saturated rings. The van der Waals surface area contributed by atoms with E-state index < -0.39 is 0 Å². The molecule has 2 heterocycles. The molecular formula is C16H18N4. The Morgan fingerprint density at radius 3 is 2.80 bits per heavy atom. The van der Waals surface area contributed by atoms with E-state index in [9.17, 15) is 0 Å². The third kappa shape index (κ3) is 2.37. The van der Waals surface area contributed by atoms with Crippen LogP contribution in [0.2, 0.25) is 0 Å². The van der Waals surface area contributed by atoms with Crippen LogP contribution in [0.25, 0.3) is 16.9 Å². The van der Waals surface area contributed by atoms with Gasteiger partial charge in [-0.3, -0.25) is 4.40 Å². The number of fused-ring (bicyclic) bond motifs is 1. The van der Waals surface area contributed by atoms with Crippen LogP contribution >= 0.6 is 0 Å². The van der Waals surface area contributed by atoms with Gasteiger partial charge in [0.25, 0.3) is 0 Å². The third-order valence-electron chi connectivity index (χ3n) is 3.32. The highest BCUT2D eigenvalue weighted by atomic mass is 15.1. The molecule has 0 aliphatic carbocycles. The number of hydrogen-bond donors (Lipinski definition) is 1. The smallest absolute Gasteiger partial charge is 0.180 e. The van der Waals surface area contributed by atoms with Crippen LogP contribution in [0.1, 0.15) is 19.8 Å². The molecule has 0 saturated heterocycles. The van der Waals surface area contributed by atoms with Crippen molar-refractivity contribution in [3.05, 3.63) is 48.9 Å². The third-order valence-corrected chi connectivity index (χ3v) is 3.32. The van der Waals surface area contributed by atoms with Crippen LogP contribution < -0.4 is 5.32 Å². The van der Waals surface area contributed by atoms with Crippen molar-refractivity contribution in [2.45, 2.75) is 19.8 Å². The fourth-order valence-electron chi connectivity index (χ4n) is 2.25. The highest BCUT2D eigenvalue weighted by Crippen LogP contribution is 2.22. The Kier molecular flexibility index (Phi) is 3.63. The summed E-state index contributed by atoms with van der Waals surface area (Å²) in [6, 6.07) is 10.3. The maximum Gasteiger partial charge on any atom is 0.180 e. The van der Waals surface area contributed by atoms with Gasteiger partial charge in [-0.25, -0.2) is 9.97 Å². The normalized spacial score (nSPS) is 10.8. The molecule has 0 amide bonds. The summed E-state index contributed by atoms with van der Waals surface area (Å²) in [6.45, 7) is 3.11. The molecule has 0 saturated carbocycles. The quantitative estimate of drug-likeness (QED) is 0.717. The fraction of sp³-hybridized carbons (Fsp3) is 0.250. The molecule has 0 aliphatic rings. The Balaban J connectivity index is 1.99. The second-order valence-electron chi connectivity index (χ2n) is 4.76. The summed E-state index contributed by atoms with van der Waals surface area (Å²) in [5, 5.41) is 3.36. The molecule has 0 spiro atoms. The molecule has 4 nitrogen and oxygen atoms in total. The number of hydrogen-bond acceptors (Lipinski definition) is 3. The van der Waals surface area contributed by atoms with Gasteiger partial charge in [0.1, 0.15) is 0 Å². The van der Waals surface area contributed by atoms with Crippen molar-refractivity contribution in [2.75, 3.05) is 11.9 Å². The minimum absolute atomic E-state index is 0.850. The van der Waals surface area contributed by atoms with E-state index in [1.807, 2.05) is 36.8 Å². The van der Waals surface area contributed by atoms with Gasteiger partial charge in [0, 0.05) is 24.5 Å². The zero-order valence-corrected chi connectivity index (χ0v) is 11.6. The number of rotatable bonds is 5. The highest BCUT2D eigenvalue weighted by Gasteiger charge is 2.09. The molecule has 0 atom stereocenters. The maximum absolute atomic E-state index is 4.51. The summed E-state index contributed by atoms with van der Waals surface area (Å²) < 4.78 is 2.08. The van der Waals surface area contributed by atoms with Gasteiger partial charge in [0.2, 0.25) is 0 Å². The van der Waals surface area contributed by atoms with Crippen molar-refractivity contribution in [2.24, 2.45) is 0 Å². The fourth-order valence-corrected chi connectivity index (χ4v) is 2.25. The van der Waals surface area contributed by atoms with Gasteiger partial charge in [0.15, 0.2) is 11.5 Å². The van der Waals surface area contributed by atoms with Crippen molar-refractivity contribution in [3.8, 4) is 11.3 Å². The summed E-state index contributed by atoms with van der Waals surface area (Å²) in [5.74, 6) is 0.850. The first-order valence-corrected chi connectivity index (χ1v) is 7.01. The highest BCUT2D eigenvalue weighted by molar-refractivity contribution is 5.70. The first-order chi connectivity index (χ1) is 9.90. The topological polar surface area (TPSA) is 42.2 Å². The van der Waals surface area contributed by atoms with E-state index >= 15 is 0 Å². The van der Waals surface area contributed by atoms with Gasteiger partial charge in [-0.1, -0.05) is 43.7 Å². The van der Waals surface area contributed by atoms with Crippen LogP contribution in [0.3, 0.4) is 0 Å². The lowest BCUT2D eigenvalue weighted by atomic mass is 10.2. The summed E-state index contributed by atoms with van der Waals surface area (Å²) in [6.07, 6.45) is 7.97. The Morgan fingerprint density at radius 1 is 1.15 bits per heavy atom. The van der Waals surface area contributed by atoms with E-state index in [-0.39, 0.29) is 0 Å². The van der Waals surface area contributed by atoms with Crippen molar-refractivity contribution < 1.29 is 0 Å². The lowest BCUT2D eigenvalue weighted by Crippen LogP contribution is -2.05. The molecular weight excluding hydrogens is 248 g/mol. The molecule has 0 unspecified atom stereocenters. The number of benzene rings is 1. The van der Waals surface area contributed by atoms with Gasteiger partial charge < -0.3 is 5.32 Å². The second kappa shape index (κ2) is 5.74. The average Bonchev–Trinajstić information content (AvgIpc) is 2.93. The van der Waals surface area contributed by atoms with Crippen molar-refractivity contribution in [1.82, 2.24) is 14.4 Å². The van der Waals surface area contributed by atoms with Crippen LogP contribution in [-0.2, 0) is 0 Å². The zero-order chi connectivity index (χ0) is 13.8. The molecule has 20 heavy (non-hydrogen) atoms. The van der Waals surface area contributed by atoms with Crippen LogP contribution in [0.4, 0.5) is 5.82 Å². The monoisotopic (exact) mass is 266 g/mol. The van der Waals surface area contributed by atoms with Gasteiger partial charge in [-0.05, 0) is 6.42 Å². The number of anilines is 1. The van der Waals surface area contributed by atoms with Gasteiger partial charge in [-0.15, -0.1) is 0 Å². The number of aromatic nitrogens is 3. The van der Waals surface area contributed by atoms with Crippen LogP contribution in [0, 0.1) is 0 Å². The largest absolute Gasteiger partial charge is 0.367 e. The molecule has 1 aromatic carbocycles. The van der Waals surface area contributed by atoms with Crippen molar-refractivity contribution >= 4 is 11.5 Å². The minimum atomic E-state index is 0.850.